The molecule has 1 atom stereocenters. The molecule has 1 fully saturated rings. The van der Waals surface area contributed by atoms with Gasteiger partial charge in [0, 0.05) is 19.7 Å². The van der Waals surface area contributed by atoms with Crippen LogP contribution in [-0.2, 0) is 15.8 Å². The largest absolute Gasteiger partial charge is 0.192 e. The number of alkyl halides is 5. The van der Waals surface area contributed by atoms with Crippen molar-refractivity contribution >= 4 is 31.8 Å². The summed E-state index contributed by atoms with van der Waals surface area (Å²) in [7, 11) is 3.60. The number of carbonyl (C=O) groups is 1. The Kier molecular flexibility index (Phi) is 10.6. The Balaban J connectivity index is 1.55. The number of halogens is 4. The number of amides is 1. The van der Waals surface area contributed by atoms with Crippen molar-refractivity contribution in [3.63, 3.8) is 0 Å². The summed E-state index contributed by atoms with van der Waals surface area (Å²) in [6.45, 7) is 0.167. The number of nitriles is 1. The molecule has 1 aliphatic heterocycles. The third kappa shape index (κ3) is 7.61. The SMILES string of the molecule is CN(C)c1ccc(C(=O)NCCCCCCn2c(=O)c(C(F)(F)F)cn([C@H]3CCI(CO)O3)c2=O)cc1C#N. The first kappa shape index (κ1) is 30.6. The topological polar surface area (TPSA) is 130 Å². The minimum atomic E-state index is -4.93. The summed E-state index contributed by atoms with van der Waals surface area (Å²) in [6.07, 6.45) is -3.00. The first-order valence-corrected chi connectivity index (χ1v) is 16.2. The maximum Gasteiger partial charge on any atom is 0.101 e. The van der Waals surface area contributed by atoms with Crippen LogP contribution in [0.25, 0.3) is 0 Å². The van der Waals surface area contributed by atoms with Crippen LogP contribution >= 0.6 is 20.2 Å². The van der Waals surface area contributed by atoms with E-state index >= 15 is 0 Å². The van der Waals surface area contributed by atoms with Crippen LogP contribution in [-0.4, -0.2) is 49.8 Å². The summed E-state index contributed by atoms with van der Waals surface area (Å²) < 4.78 is 48.0. The summed E-state index contributed by atoms with van der Waals surface area (Å²) in [4.78, 5) is 39.6. The number of benzene rings is 1. The summed E-state index contributed by atoms with van der Waals surface area (Å²) in [5.74, 6) is -0.325. The van der Waals surface area contributed by atoms with E-state index in [-0.39, 0.29) is 17.1 Å². The van der Waals surface area contributed by atoms with Gasteiger partial charge in [0.25, 0.3) is 5.91 Å². The van der Waals surface area contributed by atoms with Gasteiger partial charge < -0.3 is 4.90 Å². The number of hydrogen-bond donors (Lipinski definition) is 2. The molecule has 2 N–H and O–H groups in total. The predicted molar refractivity (Wildman–Crippen MR) is 147 cm³/mol. The fourth-order valence-electron chi connectivity index (χ4n) is 4.15. The summed E-state index contributed by atoms with van der Waals surface area (Å²) in [5.41, 5.74) is -2.24. The Morgan fingerprint density at radius 2 is 1.97 bits per heavy atom. The number of carbonyl (C=O) groups excluding carboxylic acids is 1. The van der Waals surface area contributed by atoms with Gasteiger partial charge in [-0.3, -0.25) is 4.79 Å². The average molecular weight is 665 g/mol. The van der Waals surface area contributed by atoms with Gasteiger partial charge in [-0.15, -0.1) is 0 Å². The van der Waals surface area contributed by atoms with Gasteiger partial charge in [-0.05, 0) is 18.2 Å². The molecule has 1 aromatic carbocycles. The Labute approximate surface area is 230 Å². The second kappa shape index (κ2) is 13.4. The quantitative estimate of drug-likeness (QED) is 0.214. The van der Waals surface area contributed by atoms with Crippen molar-refractivity contribution < 1.29 is 26.1 Å². The molecule has 3 rings (SSSR count). The van der Waals surface area contributed by atoms with E-state index in [0.717, 1.165) is 4.57 Å². The second-order valence-electron chi connectivity index (χ2n) is 9.14. The Morgan fingerprint density at radius 3 is 2.59 bits per heavy atom. The maximum absolute atomic E-state index is 13.5. The molecule has 0 unspecified atom stereocenters. The summed E-state index contributed by atoms with van der Waals surface area (Å²) in [6, 6.07) is 6.92. The van der Waals surface area contributed by atoms with Crippen molar-refractivity contribution in [2.75, 3.05) is 34.6 Å². The zero-order valence-corrected chi connectivity index (χ0v) is 23.8. The van der Waals surface area contributed by atoms with Crippen LogP contribution in [0.2, 0.25) is 0 Å². The van der Waals surface area contributed by atoms with Crippen LogP contribution in [0.1, 0.15) is 59.8 Å². The maximum atomic E-state index is 13.5. The molecule has 1 amide bonds. The molecule has 1 saturated heterocycles. The average Bonchev–Trinajstić information content (AvgIpc) is 3.37. The van der Waals surface area contributed by atoms with E-state index in [1.165, 1.54) is 6.07 Å². The molecule has 10 nitrogen and oxygen atoms in total. The smallest absolute Gasteiger partial charge is 0.101 e. The fraction of sp³-hybridized carbons (Fsp3) is 0.520. The monoisotopic (exact) mass is 665 g/mol. The Morgan fingerprint density at radius 1 is 1.26 bits per heavy atom. The molecular weight excluding hydrogens is 634 g/mol. The van der Waals surface area contributed by atoms with Gasteiger partial charge in [0.1, 0.15) is 6.07 Å². The first-order chi connectivity index (χ1) is 18.5. The minimum Gasteiger partial charge on any atom is -0.192 e. The van der Waals surface area contributed by atoms with Gasteiger partial charge in [0.2, 0.25) is 0 Å². The third-order valence-corrected chi connectivity index (χ3v) is 10.1. The Bertz CT molecular complexity index is 1340. The molecule has 0 bridgehead atoms. The van der Waals surface area contributed by atoms with Gasteiger partial charge in [-0.25, -0.2) is 0 Å². The minimum absolute atomic E-state index is 0.162. The molecular formula is C25H31F3IN5O5. The molecule has 214 valence electrons. The van der Waals surface area contributed by atoms with Crippen LogP contribution in [0.4, 0.5) is 18.9 Å². The van der Waals surface area contributed by atoms with Gasteiger partial charge in [-0.1, -0.05) is 0 Å². The van der Waals surface area contributed by atoms with E-state index < -0.39 is 49.5 Å². The zero-order valence-electron chi connectivity index (χ0n) is 21.6. The van der Waals surface area contributed by atoms with Crippen molar-refractivity contribution in [3.8, 4) is 6.07 Å². The van der Waals surface area contributed by atoms with Gasteiger partial charge in [0.15, 0.2) is 0 Å². The van der Waals surface area contributed by atoms with E-state index in [1.807, 2.05) is 0 Å². The van der Waals surface area contributed by atoms with Crippen molar-refractivity contribution in [3.05, 3.63) is 61.9 Å². The fourth-order valence-corrected chi connectivity index (χ4v) is 7.46. The third-order valence-electron chi connectivity index (χ3n) is 6.20. The van der Waals surface area contributed by atoms with Crippen molar-refractivity contribution in [2.24, 2.45) is 0 Å². The van der Waals surface area contributed by atoms with Crippen LogP contribution < -0.4 is 21.5 Å². The molecule has 0 aliphatic carbocycles. The van der Waals surface area contributed by atoms with Gasteiger partial charge in [0.05, 0.1) is 11.3 Å². The van der Waals surface area contributed by atoms with Crippen LogP contribution in [0.5, 0.6) is 0 Å². The molecule has 1 aliphatic rings. The number of unbranched alkanes of at least 4 members (excludes halogenated alkanes) is 3. The van der Waals surface area contributed by atoms with Crippen LogP contribution in [0, 0.1) is 11.3 Å². The van der Waals surface area contributed by atoms with Crippen molar-refractivity contribution in [1.29, 1.82) is 5.26 Å². The van der Waals surface area contributed by atoms with Crippen molar-refractivity contribution in [2.45, 2.75) is 51.1 Å². The van der Waals surface area contributed by atoms with Gasteiger partial charge >= 0.3 is 155 Å². The summed E-state index contributed by atoms with van der Waals surface area (Å²) in [5, 5.41) is 21.4. The Hall–Kier alpha value is -2.90. The van der Waals surface area contributed by atoms with E-state index in [1.54, 1.807) is 31.1 Å². The van der Waals surface area contributed by atoms with E-state index in [2.05, 4.69) is 11.4 Å². The number of aliphatic hydroxyl groups excluding tert-OH is 1. The van der Waals surface area contributed by atoms with Crippen LogP contribution in [0.3, 0.4) is 0 Å². The molecule has 14 heteroatoms. The molecule has 2 heterocycles. The molecule has 39 heavy (non-hydrogen) atoms. The first-order valence-electron chi connectivity index (χ1n) is 12.3. The number of hydrogen-bond acceptors (Lipinski definition) is 7. The number of aromatic nitrogens is 2. The van der Waals surface area contributed by atoms with E-state index in [0.29, 0.717) is 70.7 Å². The number of aliphatic hydroxyl groups is 1. The molecule has 0 radical (unpaired) electrons. The number of nitrogens with zero attached hydrogens (tertiary/aromatic N) is 4. The number of rotatable bonds is 11. The molecule has 2 aromatic rings. The summed E-state index contributed by atoms with van der Waals surface area (Å²) >= 11 is -2.17. The second-order valence-corrected chi connectivity index (χ2v) is 13.7. The predicted octanol–water partition coefficient (Wildman–Crippen LogP) is 3.25. The van der Waals surface area contributed by atoms with Gasteiger partial charge in [-0.2, -0.15) is 5.26 Å². The standard InChI is InChI=1S/C25H31F3IN5O5/c1-32(2)20-8-7-17(13-18(20)14-30)22(36)31-11-5-3-4-6-12-33-23(37)19(25(26,27)28)15-34(24(33)38)21-9-10-29(16-35)39-21/h7-8,13,15,21,35H,3-6,9-12,16H2,1-2H3,(H,31,36)/t21-/m1/s1. The number of nitrogens with one attached hydrogen (secondary N) is 1. The van der Waals surface area contributed by atoms with E-state index in [4.69, 9.17) is 3.07 Å². The molecule has 1 aromatic heterocycles. The van der Waals surface area contributed by atoms with Crippen LogP contribution in [0.15, 0.2) is 34.0 Å². The number of anilines is 1. The van der Waals surface area contributed by atoms with Crippen molar-refractivity contribution in [1.82, 2.24) is 14.5 Å². The molecule has 0 saturated carbocycles. The zero-order chi connectivity index (χ0) is 28.7. The normalized spacial score (nSPS) is 16.2. The molecule has 0 spiro atoms. The van der Waals surface area contributed by atoms with E-state index in [9.17, 15) is 37.9 Å².